The maximum atomic E-state index is 13.2. The van der Waals surface area contributed by atoms with Crippen LogP contribution in [-0.4, -0.2) is 75.1 Å². The number of nitrogen functional groups attached to an aromatic ring is 1. The minimum absolute atomic E-state index is 0.0329. The summed E-state index contributed by atoms with van der Waals surface area (Å²) >= 11 is 0. The number of β-amino-alcohol motifs (C(OH)–C–C–N with tert-alkyl or cyclic N) is 1. The Hall–Kier alpha value is -3.80. The zero-order valence-electron chi connectivity index (χ0n) is 20.2. The quantitative estimate of drug-likeness (QED) is 0.550. The highest BCUT2D eigenvalue weighted by molar-refractivity contribution is 5.96. The zero-order valence-corrected chi connectivity index (χ0v) is 20.2. The predicted octanol–water partition coefficient (Wildman–Crippen LogP) is 2.14. The van der Waals surface area contributed by atoms with Crippen LogP contribution in [0.4, 0.5) is 5.82 Å². The fraction of sp³-hybridized carbons (Fsp3) is 0.333. The van der Waals surface area contributed by atoms with E-state index in [9.17, 15) is 4.79 Å². The predicted molar refractivity (Wildman–Crippen MR) is 136 cm³/mol. The van der Waals surface area contributed by atoms with E-state index in [2.05, 4.69) is 31.7 Å². The van der Waals surface area contributed by atoms with Crippen LogP contribution < -0.4 is 5.73 Å². The monoisotopic (exact) mass is 470 g/mol. The number of carbonyl (C=O) groups is 1. The summed E-state index contributed by atoms with van der Waals surface area (Å²) in [4.78, 5) is 30.3. The summed E-state index contributed by atoms with van der Waals surface area (Å²) in [6, 6.07) is 9.35. The van der Waals surface area contributed by atoms with Gasteiger partial charge in [-0.25, -0.2) is 15.0 Å². The summed E-state index contributed by atoms with van der Waals surface area (Å²) in [6.45, 7) is 7.64. The molecule has 1 aromatic carbocycles. The van der Waals surface area contributed by atoms with Gasteiger partial charge < -0.3 is 15.7 Å². The molecule has 1 aliphatic rings. The third-order valence-corrected chi connectivity index (χ3v) is 6.18. The molecule has 0 saturated carbocycles. The lowest BCUT2D eigenvalue weighted by Crippen LogP contribution is -2.49. The molecular weight excluding hydrogens is 440 g/mol. The second kappa shape index (κ2) is 11.1. The van der Waals surface area contributed by atoms with Crippen molar-refractivity contribution in [3.05, 3.63) is 70.8 Å². The van der Waals surface area contributed by atoms with E-state index in [0.717, 1.165) is 53.2 Å². The molecule has 0 aliphatic carbocycles. The summed E-state index contributed by atoms with van der Waals surface area (Å²) < 4.78 is 0. The SMILES string of the molecule is CCc1ncnc(-c2ccc(C(=O)N3CCN(CCO)CC3)c(C)c2)c1C#Cc1ccc(N)nc1. The first-order valence-corrected chi connectivity index (χ1v) is 11.8. The van der Waals surface area contributed by atoms with E-state index in [0.29, 0.717) is 31.0 Å². The van der Waals surface area contributed by atoms with Gasteiger partial charge in [-0.2, -0.15) is 0 Å². The average Bonchev–Trinajstić information content (AvgIpc) is 2.88. The highest BCUT2D eigenvalue weighted by Gasteiger charge is 2.23. The van der Waals surface area contributed by atoms with Gasteiger partial charge in [0.15, 0.2) is 0 Å². The molecular formula is C27H30N6O2. The van der Waals surface area contributed by atoms with Crippen LogP contribution in [0.25, 0.3) is 11.3 Å². The van der Waals surface area contributed by atoms with Gasteiger partial charge in [-0.05, 0) is 43.2 Å². The summed E-state index contributed by atoms with van der Waals surface area (Å²) in [5.41, 5.74) is 11.3. The Bertz CT molecular complexity index is 1250. The van der Waals surface area contributed by atoms with Crippen molar-refractivity contribution in [2.45, 2.75) is 20.3 Å². The minimum atomic E-state index is 0.0329. The van der Waals surface area contributed by atoms with Crippen molar-refractivity contribution in [1.82, 2.24) is 24.8 Å². The number of hydrogen-bond acceptors (Lipinski definition) is 7. The standard InChI is InChI=1S/C27H30N6O2/c1-3-24-23(7-4-20-5-9-25(28)29-17-20)26(31-18-30-24)21-6-8-22(19(2)16-21)27(35)33-12-10-32(11-13-33)14-15-34/h5-6,8-9,16-18,34H,3,10-15H2,1-2H3,(H2,28,29). The Morgan fingerprint density at radius 3 is 2.54 bits per heavy atom. The van der Waals surface area contributed by atoms with E-state index in [1.807, 2.05) is 43.0 Å². The molecule has 1 amide bonds. The van der Waals surface area contributed by atoms with Crippen molar-refractivity contribution < 1.29 is 9.90 Å². The molecule has 1 fully saturated rings. The molecule has 180 valence electrons. The van der Waals surface area contributed by atoms with Gasteiger partial charge in [-0.1, -0.05) is 24.8 Å². The number of carbonyl (C=O) groups excluding carboxylic acids is 1. The van der Waals surface area contributed by atoms with Crippen LogP contribution in [0.2, 0.25) is 0 Å². The number of pyridine rings is 1. The van der Waals surface area contributed by atoms with E-state index in [1.165, 1.54) is 0 Å². The molecule has 4 rings (SSSR count). The van der Waals surface area contributed by atoms with Gasteiger partial charge in [0.1, 0.15) is 12.1 Å². The molecule has 0 radical (unpaired) electrons. The van der Waals surface area contributed by atoms with Crippen molar-refractivity contribution in [2.24, 2.45) is 0 Å². The Morgan fingerprint density at radius 2 is 1.89 bits per heavy atom. The largest absolute Gasteiger partial charge is 0.395 e. The number of aromatic nitrogens is 3. The van der Waals surface area contributed by atoms with Crippen LogP contribution in [-0.2, 0) is 6.42 Å². The Kier molecular flexibility index (Phi) is 7.70. The van der Waals surface area contributed by atoms with E-state index < -0.39 is 0 Å². The lowest BCUT2D eigenvalue weighted by Gasteiger charge is -2.34. The molecule has 1 saturated heterocycles. The van der Waals surface area contributed by atoms with Gasteiger partial charge in [0.05, 0.1) is 23.6 Å². The van der Waals surface area contributed by atoms with E-state index >= 15 is 0 Å². The number of aryl methyl sites for hydroxylation is 2. The van der Waals surface area contributed by atoms with Crippen molar-refractivity contribution in [3.63, 3.8) is 0 Å². The first kappa shape index (κ1) is 24.3. The number of amides is 1. The molecule has 2 aromatic heterocycles. The molecule has 35 heavy (non-hydrogen) atoms. The molecule has 0 unspecified atom stereocenters. The van der Waals surface area contributed by atoms with Crippen LogP contribution in [0.15, 0.2) is 42.9 Å². The normalized spacial score (nSPS) is 13.9. The van der Waals surface area contributed by atoms with E-state index in [-0.39, 0.29) is 12.5 Å². The fourth-order valence-electron chi connectivity index (χ4n) is 4.19. The first-order valence-electron chi connectivity index (χ1n) is 11.8. The van der Waals surface area contributed by atoms with Crippen molar-refractivity contribution in [3.8, 4) is 23.1 Å². The zero-order chi connectivity index (χ0) is 24.8. The molecule has 3 heterocycles. The van der Waals surface area contributed by atoms with Gasteiger partial charge in [-0.3, -0.25) is 9.69 Å². The summed E-state index contributed by atoms with van der Waals surface area (Å²) in [5.74, 6) is 6.86. The topological polar surface area (TPSA) is 108 Å². The van der Waals surface area contributed by atoms with Gasteiger partial charge in [0, 0.05) is 55.6 Å². The number of aliphatic hydroxyl groups is 1. The van der Waals surface area contributed by atoms with Crippen molar-refractivity contribution >= 4 is 11.7 Å². The smallest absolute Gasteiger partial charge is 0.254 e. The molecule has 8 heteroatoms. The lowest BCUT2D eigenvalue weighted by molar-refractivity contribution is 0.0614. The molecule has 3 aromatic rings. The van der Waals surface area contributed by atoms with Crippen LogP contribution >= 0.6 is 0 Å². The van der Waals surface area contributed by atoms with Gasteiger partial charge in [-0.15, -0.1) is 0 Å². The maximum absolute atomic E-state index is 13.2. The average molecular weight is 471 g/mol. The second-order valence-electron chi connectivity index (χ2n) is 8.51. The third kappa shape index (κ3) is 5.65. The van der Waals surface area contributed by atoms with Crippen LogP contribution in [0.1, 0.15) is 39.7 Å². The molecule has 0 spiro atoms. The Balaban J connectivity index is 1.61. The number of nitrogens with two attached hydrogens (primary N) is 1. The van der Waals surface area contributed by atoms with E-state index in [1.54, 1.807) is 18.6 Å². The molecule has 8 nitrogen and oxygen atoms in total. The summed E-state index contributed by atoms with van der Waals surface area (Å²) in [7, 11) is 0. The van der Waals surface area contributed by atoms with Gasteiger partial charge >= 0.3 is 0 Å². The molecule has 0 atom stereocenters. The van der Waals surface area contributed by atoms with E-state index in [4.69, 9.17) is 10.8 Å². The number of piperazine rings is 1. The lowest BCUT2D eigenvalue weighted by atomic mass is 9.98. The van der Waals surface area contributed by atoms with Crippen molar-refractivity contribution in [2.75, 3.05) is 45.1 Å². The number of hydrogen-bond donors (Lipinski definition) is 2. The Labute approximate surface area is 205 Å². The highest BCUT2D eigenvalue weighted by atomic mass is 16.3. The summed E-state index contributed by atoms with van der Waals surface area (Å²) in [6.07, 6.45) is 3.92. The van der Waals surface area contributed by atoms with Crippen molar-refractivity contribution in [1.29, 1.82) is 0 Å². The number of rotatable bonds is 5. The number of aliphatic hydroxyl groups excluding tert-OH is 1. The fourth-order valence-corrected chi connectivity index (χ4v) is 4.19. The molecule has 3 N–H and O–H groups in total. The van der Waals surface area contributed by atoms with Crippen LogP contribution in [0, 0.1) is 18.8 Å². The number of nitrogens with zero attached hydrogens (tertiary/aromatic N) is 5. The van der Waals surface area contributed by atoms with Crippen LogP contribution in [0.5, 0.6) is 0 Å². The third-order valence-electron chi connectivity index (χ3n) is 6.18. The molecule has 0 bridgehead atoms. The maximum Gasteiger partial charge on any atom is 0.254 e. The second-order valence-corrected chi connectivity index (χ2v) is 8.51. The Morgan fingerprint density at radius 1 is 1.09 bits per heavy atom. The molecule has 1 aliphatic heterocycles. The summed E-state index contributed by atoms with van der Waals surface area (Å²) in [5, 5.41) is 9.13. The number of anilines is 1. The number of benzene rings is 1. The first-order chi connectivity index (χ1) is 17.0. The van der Waals surface area contributed by atoms with Crippen LogP contribution in [0.3, 0.4) is 0 Å². The van der Waals surface area contributed by atoms with Gasteiger partial charge in [0.2, 0.25) is 0 Å². The van der Waals surface area contributed by atoms with Gasteiger partial charge in [0.25, 0.3) is 5.91 Å². The highest BCUT2D eigenvalue weighted by Crippen LogP contribution is 2.26. The minimum Gasteiger partial charge on any atom is -0.395 e.